The third-order valence-electron chi connectivity index (χ3n) is 4.07. The van der Waals surface area contributed by atoms with Crippen molar-refractivity contribution in [2.24, 2.45) is 5.41 Å². The minimum absolute atomic E-state index is 0.0925. The fraction of sp³-hybridized carbons (Fsp3) is 0.917. The molecule has 1 atom stereocenters. The Bertz CT molecular complexity index is 246. The van der Waals surface area contributed by atoms with E-state index in [2.05, 4.69) is 6.92 Å². The molecule has 0 aromatic heterocycles. The van der Waals surface area contributed by atoms with Gasteiger partial charge in [-0.05, 0) is 25.7 Å². The van der Waals surface area contributed by atoms with Gasteiger partial charge in [-0.1, -0.05) is 19.8 Å². The van der Waals surface area contributed by atoms with E-state index in [0.29, 0.717) is 0 Å². The maximum absolute atomic E-state index is 12.4. The van der Waals surface area contributed by atoms with Crippen LogP contribution in [0.4, 0.5) is 0 Å². The Balaban J connectivity index is 2.06. The summed E-state index contributed by atoms with van der Waals surface area (Å²) in [6, 6.07) is 0.0925. The molecule has 15 heavy (non-hydrogen) atoms. The number of nitrogens with zero attached hydrogens (tertiary/aromatic N) is 1. The molecule has 1 amide bonds. The third-order valence-corrected chi connectivity index (χ3v) is 4.07. The molecule has 1 aliphatic heterocycles. The van der Waals surface area contributed by atoms with Crippen LogP contribution in [0.1, 0.15) is 45.4 Å². The van der Waals surface area contributed by atoms with Gasteiger partial charge in [-0.15, -0.1) is 0 Å². The summed E-state index contributed by atoms with van der Waals surface area (Å²) in [7, 11) is 0. The lowest BCUT2D eigenvalue weighted by Crippen LogP contribution is -2.45. The second-order valence-corrected chi connectivity index (χ2v) is 5.24. The summed E-state index contributed by atoms with van der Waals surface area (Å²) < 4.78 is 0. The molecule has 2 fully saturated rings. The zero-order valence-electron chi connectivity index (χ0n) is 9.54. The summed E-state index contributed by atoms with van der Waals surface area (Å²) in [5.41, 5.74) is -0.127. The number of carbonyl (C=O) groups is 1. The molecule has 0 aromatic rings. The normalized spacial score (nSPS) is 29.7. The molecule has 1 saturated heterocycles. The average molecular weight is 211 g/mol. The van der Waals surface area contributed by atoms with Crippen molar-refractivity contribution in [2.75, 3.05) is 13.2 Å². The van der Waals surface area contributed by atoms with Crippen LogP contribution < -0.4 is 0 Å². The molecule has 0 spiro atoms. The summed E-state index contributed by atoms with van der Waals surface area (Å²) in [5.74, 6) is 0.288. The van der Waals surface area contributed by atoms with Gasteiger partial charge in [0.1, 0.15) is 0 Å². The van der Waals surface area contributed by atoms with Crippen LogP contribution in [0.25, 0.3) is 0 Å². The monoisotopic (exact) mass is 211 g/mol. The molecule has 1 N–H and O–H groups in total. The Morgan fingerprint density at radius 3 is 2.67 bits per heavy atom. The van der Waals surface area contributed by atoms with Crippen LogP contribution in [0.5, 0.6) is 0 Å². The maximum Gasteiger partial charge on any atom is 0.228 e. The molecule has 86 valence electrons. The first-order chi connectivity index (χ1) is 7.17. The maximum atomic E-state index is 12.4. The Kier molecular flexibility index (Phi) is 3.01. The van der Waals surface area contributed by atoms with E-state index in [4.69, 9.17) is 0 Å². The molecular weight excluding hydrogens is 190 g/mol. The van der Waals surface area contributed by atoms with Crippen LogP contribution in [0, 0.1) is 5.41 Å². The van der Waals surface area contributed by atoms with Gasteiger partial charge in [0.2, 0.25) is 5.91 Å². The van der Waals surface area contributed by atoms with Crippen molar-refractivity contribution in [1.82, 2.24) is 4.90 Å². The van der Waals surface area contributed by atoms with Gasteiger partial charge in [0.15, 0.2) is 0 Å². The molecule has 0 bridgehead atoms. The van der Waals surface area contributed by atoms with Gasteiger partial charge in [-0.25, -0.2) is 0 Å². The lowest BCUT2D eigenvalue weighted by molar-refractivity contribution is -0.142. The summed E-state index contributed by atoms with van der Waals surface area (Å²) >= 11 is 0. The summed E-state index contributed by atoms with van der Waals surface area (Å²) in [6.07, 6.45) is 6.44. The quantitative estimate of drug-likeness (QED) is 0.753. The summed E-state index contributed by atoms with van der Waals surface area (Å²) in [5, 5.41) is 9.22. The first kappa shape index (κ1) is 10.9. The van der Waals surface area contributed by atoms with E-state index in [1.54, 1.807) is 0 Å². The zero-order valence-corrected chi connectivity index (χ0v) is 9.54. The van der Waals surface area contributed by atoms with Crippen molar-refractivity contribution >= 4 is 5.91 Å². The highest BCUT2D eigenvalue weighted by Gasteiger charge is 2.42. The van der Waals surface area contributed by atoms with Gasteiger partial charge in [0, 0.05) is 12.0 Å². The van der Waals surface area contributed by atoms with Crippen molar-refractivity contribution in [3.05, 3.63) is 0 Å². The van der Waals surface area contributed by atoms with E-state index in [9.17, 15) is 9.90 Å². The highest BCUT2D eigenvalue weighted by Crippen LogP contribution is 2.40. The van der Waals surface area contributed by atoms with Gasteiger partial charge >= 0.3 is 0 Å². The SMILES string of the molecule is CC1(C(=O)N2CCCC2CO)CCCC1. The van der Waals surface area contributed by atoms with E-state index in [1.165, 1.54) is 12.8 Å². The Morgan fingerprint density at radius 1 is 1.40 bits per heavy atom. The summed E-state index contributed by atoms with van der Waals surface area (Å²) in [4.78, 5) is 14.3. The topological polar surface area (TPSA) is 40.5 Å². The number of aliphatic hydroxyl groups is 1. The molecule has 3 heteroatoms. The molecule has 1 aliphatic carbocycles. The molecule has 0 aromatic carbocycles. The molecule has 1 heterocycles. The van der Waals surface area contributed by atoms with Gasteiger partial charge in [0.05, 0.1) is 12.6 Å². The number of rotatable bonds is 2. The molecule has 0 radical (unpaired) electrons. The zero-order chi connectivity index (χ0) is 10.9. The van der Waals surface area contributed by atoms with Crippen molar-refractivity contribution in [2.45, 2.75) is 51.5 Å². The number of hydrogen-bond acceptors (Lipinski definition) is 2. The third kappa shape index (κ3) is 1.89. The predicted octanol–water partition coefficient (Wildman–Crippen LogP) is 1.55. The molecule has 3 nitrogen and oxygen atoms in total. The fourth-order valence-electron chi connectivity index (χ4n) is 3.01. The fourth-order valence-corrected chi connectivity index (χ4v) is 3.01. The van der Waals surface area contributed by atoms with Crippen molar-refractivity contribution < 1.29 is 9.90 Å². The molecule has 2 aliphatic rings. The second kappa shape index (κ2) is 4.12. The van der Waals surface area contributed by atoms with Crippen LogP contribution in [0.3, 0.4) is 0 Å². The molecule has 1 unspecified atom stereocenters. The lowest BCUT2D eigenvalue weighted by atomic mass is 9.87. The van der Waals surface area contributed by atoms with E-state index in [1.807, 2.05) is 4.90 Å². The summed E-state index contributed by atoms with van der Waals surface area (Å²) in [6.45, 7) is 3.07. The first-order valence-electron chi connectivity index (χ1n) is 6.09. The van der Waals surface area contributed by atoms with E-state index >= 15 is 0 Å². The Labute approximate surface area is 91.5 Å². The smallest absolute Gasteiger partial charge is 0.228 e. The van der Waals surface area contributed by atoms with Gasteiger partial charge < -0.3 is 10.0 Å². The van der Waals surface area contributed by atoms with E-state index in [0.717, 1.165) is 32.2 Å². The van der Waals surface area contributed by atoms with Crippen molar-refractivity contribution in [1.29, 1.82) is 0 Å². The second-order valence-electron chi connectivity index (χ2n) is 5.24. The number of amides is 1. The van der Waals surface area contributed by atoms with E-state index < -0.39 is 0 Å². The number of hydrogen-bond donors (Lipinski definition) is 1. The Morgan fingerprint density at radius 2 is 2.07 bits per heavy atom. The van der Waals surface area contributed by atoms with Crippen molar-refractivity contribution in [3.63, 3.8) is 0 Å². The van der Waals surface area contributed by atoms with Crippen LogP contribution >= 0.6 is 0 Å². The van der Waals surface area contributed by atoms with E-state index in [-0.39, 0.29) is 24.0 Å². The number of likely N-dealkylation sites (tertiary alicyclic amines) is 1. The first-order valence-corrected chi connectivity index (χ1v) is 6.09. The highest BCUT2D eigenvalue weighted by molar-refractivity contribution is 5.83. The number of carbonyl (C=O) groups excluding carboxylic acids is 1. The number of aliphatic hydroxyl groups excluding tert-OH is 1. The average Bonchev–Trinajstić information content (AvgIpc) is 2.85. The van der Waals surface area contributed by atoms with Gasteiger partial charge in [0.25, 0.3) is 0 Å². The van der Waals surface area contributed by atoms with Crippen LogP contribution in [0.2, 0.25) is 0 Å². The minimum Gasteiger partial charge on any atom is -0.394 e. The van der Waals surface area contributed by atoms with Crippen LogP contribution in [0.15, 0.2) is 0 Å². The highest BCUT2D eigenvalue weighted by atomic mass is 16.3. The van der Waals surface area contributed by atoms with Gasteiger partial charge in [-0.3, -0.25) is 4.79 Å². The predicted molar refractivity (Wildman–Crippen MR) is 58.4 cm³/mol. The van der Waals surface area contributed by atoms with Crippen LogP contribution in [-0.4, -0.2) is 35.1 Å². The molecular formula is C12H21NO2. The molecule has 1 saturated carbocycles. The minimum atomic E-state index is -0.127. The Hall–Kier alpha value is -0.570. The standard InChI is InChI=1S/C12H21NO2/c1-12(6-2-3-7-12)11(15)13-8-4-5-10(13)9-14/h10,14H,2-9H2,1H3. The van der Waals surface area contributed by atoms with Crippen LogP contribution in [-0.2, 0) is 4.79 Å². The molecule has 2 rings (SSSR count). The largest absolute Gasteiger partial charge is 0.394 e. The van der Waals surface area contributed by atoms with Gasteiger partial charge in [-0.2, -0.15) is 0 Å². The lowest BCUT2D eigenvalue weighted by Gasteiger charge is -2.32. The van der Waals surface area contributed by atoms with Crippen molar-refractivity contribution in [3.8, 4) is 0 Å².